The summed E-state index contributed by atoms with van der Waals surface area (Å²) in [5, 5.41) is 9.52. The largest absolute Gasteiger partial charge is 0.491 e. The molecule has 3 aromatic rings. The van der Waals surface area contributed by atoms with Gasteiger partial charge in [0.1, 0.15) is 6.10 Å². The SMILES string of the molecule is COc1cnc(/C=C(\C#N)c2ccncc2)cc1OC1Cc2ccccc2C1. The number of rotatable bonds is 5. The van der Waals surface area contributed by atoms with Crippen LogP contribution in [0.2, 0.25) is 0 Å². The van der Waals surface area contributed by atoms with Gasteiger partial charge in [-0.05, 0) is 34.9 Å². The summed E-state index contributed by atoms with van der Waals surface area (Å²) >= 11 is 0. The molecule has 0 spiro atoms. The third-order valence-corrected chi connectivity index (χ3v) is 4.78. The van der Waals surface area contributed by atoms with Crippen LogP contribution in [0.3, 0.4) is 0 Å². The number of benzene rings is 1. The summed E-state index contributed by atoms with van der Waals surface area (Å²) in [6.07, 6.45) is 8.49. The first-order valence-corrected chi connectivity index (χ1v) is 9.06. The highest BCUT2D eigenvalue weighted by Gasteiger charge is 2.23. The minimum absolute atomic E-state index is 0.0566. The zero-order valence-electron chi connectivity index (χ0n) is 15.5. The van der Waals surface area contributed by atoms with Gasteiger partial charge in [-0.2, -0.15) is 5.26 Å². The quantitative estimate of drug-likeness (QED) is 0.634. The molecule has 1 aliphatic rings. The lowest BCUT2D eigenvalue weighted by molar-refractivity contribution is 0.204. The number of methoxy groups -OCH3 is 1. The highest BCUT2D eigenvalue weighted by molar-refractivity contribution is 5.88. The van der Waals surface area contributed by atoms with Gasteiger partial charge in [0, 0.05) is 31.3 Å². The van der Waals surface area contributed by atoms with Crippen LogP contribution in [0.25, 0.3) is 11.6 Å². The van der Waals surface area contributed by atoms with E-state index in [4.69, 9.17) is 9.47 Å². The maximum absolute atomic E-state index is 9.52. The molecule has 2 aromatic heterocycles. The first kappa shape index (κ1) is 17.7. The average Bonchev–Trinajstić information content (AvgIpc) is 3.15. The molecule has 0 saturated heterocycles. The lowest BCUT2D eigenvalue weighted by atomic mass is 10.1. The Morgan fingerprint density at radius 1 is 1.11 bits per heavy atom. The molecule has 138 valence electrons. The molecular formula is C23H19N3O2. The zero-order chi connectivity index (χ0) is 19.3. The molecule has 0 aliphatic heterocycles. The van der Waals surface area contributed by atoms with E-state index in [1.54, 1.807) is 43.9 Å². The van der Waals surface area contributed by atoms with Gasteiger partial charge in [-0.3, -0.25) is 9.97 Å². The second-order valence-electron chi connectivity index (χ2n) is 6.58. The van der Waals surface area contributed by atoms with E-state index in [2.05, 4.69) is 40.3 Å². The smallest absolute Gasteiger partial charge is 0.179 e. The highest BCUT2D eigenvalue weighted by Crippen LogP contribution is 2.32. The van der Waals surface area contributed by atoms with Gasteiger partial charge in [-0.25, -0.2) is 0 Å². The number of nitriles is 1. The molecule has 5 heteroatoms. The first-order valence-electron chi connectivity index (χ1n) is 9.06. The molecule has 0 saturated carbocycles. The second kappa shape index (κ2) is 7.93. The molecule has 1 aromatic carbocycles. The van der Waals surface area contributed by atoms with Crippen molar-refractivity contribution in [2.75, 3.05) is 7.11 Å². The normalized spacial score (nSPS) is 13.6. The van der Waals surface area contributed by atoms with E-state index >= 15 is 0 Å². The molecule has 0 amide bonds. The van der Waals surface area contributed by atoms with Gasteiger partial charge >= 0.3 is 0 Å². The van der Waals surface area contributed by atoms with Crippen molar-refractivity contribution in [2.24, 2.45) is 0 Å². The van der Waals surface area contributed by atoms with Crippen LogP contribution < -0.4 is 9.47 Å². The van der Waals surface area contributed by atoms with E-state index in [1.165, 1.54) is 11.1 Å². The molecule has 1 aliphatic carbocycles. The fourth-order valence-corrected chi connectivity index (χ4v) is 3.40. The summed E-state index contributed by atoms with van der Waals surface area (Å²) < 4.78 is 11.7. The van der Waals surface area contributed by atoms with Crippen LogP contribution in [0.5, 0.6) is 11.5 Å². The lowest BCUT2D eigenvalue weighted by Crippen LogP contribution is -2.17. The Balaban J connectivity index is 1.60. The molecule has 0 fully saturated rings. The summed E-state index contributed by atoms with van der Waals surface area (Å²) in [5.41, 5.74) is 4.60. The van der Waals surface area contributed by atoms with Crippen molar-refractivity contribution in [3.05, 3.63) is 83.4 Å². The van der Waals surface area contributed by atoms with Gasteiger partial charge in [0.15, 0.2) is 11.5 Å². The molecule has 2 heterocycles. The average molecular weight is 369 g/mol. The van der Waals surface area contributed by atoms with Crippen molar-refractivity contribution >= 4 is 11.6 Å². The van der Waals surface area contributed by atoms with Gasteiger partial charge in [-0.15, -0.1) is 0 Å². The van der Waals surface area contributed by atoms with Crippen LogP contribution in [0.4, 0.5) is 0 Å². The van der Waals surface area contributed by atoms with Crippen molar-refractivity contribution < 1.29 is 9.47 Å². The Kier molecular flexibility index (Phi) is 5.03. The molecule has 5 nitrogen and oxygen atoms in total. The molecule has 0 atom stereocenters. The monoisotopic (exact) mass is 369 g/mol. The van der Waals surface area contributed by atoms with Crippen LogP contribution in [0, 0.1) is 11.3 Å². The van der Waals surface area contributed by atoms with Gasteiger partial charge in [-0.1, -0.05) is 24.3 Å². The number of allylic oxidation sites excluding steroid dienone is 1. The van der Waals surface area contributed by atoms with Crippen molar-refractivity contribution in [3.63, 3.8) is 0 Å². The summed E-state index contributed by atoms with van der Waals surface area (Å²) in [5.74, 6) is 1.21. The number of aromatic nitrogens is 2. The van der Waals surface area contributed by atoms with Gasteiger partial charge < -0.3 is 9.47 Å². The molecule has 0 N–H and O–H groups in total. The minimum Gasteiger partial charge on any atom is -0.491 e. The van der Waals surface area contributed by atoms with Crippen LogP contribution in [0.1, 0.15) is 22.4 Å². The maximum Gasteiger partial charge on any atom is 0.179 e. The molecular weight excluding hydrogens is 350 g/mol. The third-order valence-electron chi connectivity index (χ3n) is 4.78. The summed E-state index contributed by atoms with van der Waals surface area (Å²) in [7, 11) is 1.60. The Labute approximate surface area is 163 Å². The topological polar surface area (TPSA) is 68.0 Å². The van der Waals surface area contributed by atoms with Gasteiger partial charge in [0.05, 0.1) is 30.6 Å². The van der Waals surface area contributed by atoms with Crippen LogP contribution >= 0.6 is 0 Å². The first-order chi connectivity index (χ1) is 13.8. The molecule has 28 heavy (non-hydrogen) atoms. The van der Waals surface area contributed by atoms with Crippen molar-refractivity contribution in [1.82, 2.24) is 9.97 Å². The standard InChI is InChI=1S/C23H19N3O2/c1-27-23-15-26-20(10-19(14-24)16-6-8-25-9-7-16)13-22(23)28-21-11-17-4-2-3-5-18(17)12-21/h2-10,13,15,21H,11-12H2,1H3/b19-10+. The fourth-order valence-electron chi connectivity index (χ4n) is 3.40. The number of ether oxygens (including phenoxy) is 2. The molecule has 0 unspecified atom stereocenters. The lowest BCUT2D eigenvalue weighted by Gasteiger charge is -2.16. The van der Waals surface area contributed by atoms with Crippen molar-refractivity contribution in [2.45, 2.75) is 18.9 Å². The van der Waals surface area contributed by atoms with E-state index in [-0.39, 0.29) is 6.10 Å². The number of fused-ring (bicyclic) bond motifs is 1. The molecule has 4 rings (SSSR count). The Morgan fingerprint density at radius 2 is 1.82 bits per heavy atom. The maximum atomic E-state index is 9.52. The molecule has 0 radical (unpaired) electrons. The van der Waals surface area contributed by atoms with Gasteiger partial charge in [0.25, 0.3) is 0 Å². The predicted molar refractivity (Wildman–Crippen MR) is 107 cm³/mol. The summed E-state index contributed by atoms with van der Waals surface area (Å²) in [6, 6.07) is 16.0. The summed E-state index contributed by atoms with van der Waals surface area (Å²) in [6.45, 7) is 0. The third kappa shape index (κ3) is 3.72. The minimum atomic E-state index is 0.0566. The fraction of sp³-hybridized carbons (Fsp3) is 0.174. The van der Waals surface area contributed by atoms with Crippen molar-refractivity contribution in [3.8, 4) is 17.6 Å². The Bertz CT molecular complexity index is 1030. The van der Waals surface area contributed by atoms with Crippen LogP contribution in [-0.4, -0.2) is 23.2 Å². The summed E-state index contributed by atoms with van der Waals surface area (Å²) in [4.78, 5) is 8.38. The number of hydrogen-bond donors (Lipinski definition) is 0. The van der Waals surface area contributed by atoms with Crippen LogP contribution in [0.15, 0.2) is 61.1 Å². The van der Waals surface area contributed by atoms with E-state index in [9.17, 15) is 5.26 Å². The van der Waals surface area contributed by atoms with E-state index in [0.29, 0.717) is 22.8 Å². The Hall–Kier alpha value is -3.65. The Morgan fingerprint density at radius 3 is 2.46 bits per heavy atom. The zero-order valence-corrected chi connectivity index (χ0v) is 15.5. The molecule has 0 bridgehead atoms. The van der Waals surface area contributed by atoms with Gasteiger partial charge in [0.2, 0.25) is 0 Å². The van der Waals surface area contributed by atoms with E-state index in [1.807, 2.05) is 6.07 Å². The highest BCUT2D eigenvalue weighted by atomic mass is 16.5. The van der Waals surface area contributed by atoms with E-state index < -0.39 is 0 Å². The predicted octanol–water partition coefficient (Wildman–Crippen LogP) is 4.10. The number of nitrogens with zero attached hydrogens (tertiary/aromatic N) is 3. The number of pyridine rings is 2. The van der Waals surface area contributed by atoms with Crippen LogP contribution in [-0.2, 0) is 12.8 Å². The number of hydrogen-bond acceptors (Lipinski definition) is 5. The van der Waals surface area contributed by atoms with Crippen molar-refractivity contribution in [1.29, 1.82) is 5.26 Å². The second-order valence-corrected chi connectivity index (χ2v) is 6.58. The van der Waals surface area contributed by atoms with E-state index in [0.717, 1.165) is 18.4 Å².